The van der Waals surface area contributed by atoms with Gasteiger partial charge in [-0.05, 0) is 32.9 Å². The predicted octanol–water partition coefficient (Wildman–Crippen LogP) is 2.55. The van der Waals surface area contributed by atoms with Crippen LogP contribution in [0.3, 0.4) is 0 Å². The molecule has 0 aliphatic heterocycles. The fourth-order valence-corrected chi connectivity index (χ4v) is 2.95. The van der Waals surface area contributed by atoms with Gasteiger partial charge in [-0.25, -0.2) is 8.42 Å². The molecule has 0 heterocycles. The van der Waals surface area contributed by atoms with E-state index in [1.165, 1.54) is 10.6 Å². The zero-order valence-corrected chi connectivity index (χ0v) is 14.0. The summed E-state index contributed by atoms with van der Waals surface area (Å²) in [4.78, 5) is 0. The number of nitrogens with zero attached hydrogens (tertiary/aromatic N) is 1. The minimum atomic E-state index is -3.33. The second kappa shape index (κ2) is 8.36. The molecule has 0 unspecified atom stereocenters. The molecule has 0 aliphatic carbocycles. The minimum absolute atomic E-state index is 0.326. The molecule has 0 radical (unpaired) electrons. The summed E-state index contributed by atoms with van der Waals surface area (Å²) in [5.41, 5.74) is 1.75. The lowest BCUT2D eigenvalue weighted by Gasteiger charge is -2.25. The molecule has 120 valence electrons. The molecule has 1 rings (SSSR count). The second-order valence-corrected chi connectivity index (χ2v) is 6.71. The lowest BCUT2D eigenvalue weighted by molar-refractivity contribution is -0.137. The van der Waals surface area contributed by atoms with Crippen molar-refractivity contribution < 1.29 is 17.9 Å². The molecule has 0 amide bonds. The molecule has 0 atom stereocenters. The van der Waals surface area contributed by atoms with E-state index in [1.807, 2.05) is 45.0 Å². The van der Waals surface area contributed by atoms with Crippen molar-refractivity contribution in [3.05, 3.63) is 29.8 Å². The SMILES string of the molecule is CCOC(CCN(c1ccc(C)cc1)S(C)(=O)=O)OCC. The van der Waals surface area contributed by atoms with Gasteiger partial charge in [0.05, 0.1) is 11.9 Å². The van der Waals surface area contributed by atoms with Gasteiger partial charge in [-0.3, -0.25) is 4.31 Å². The molecular weight excluding hydrogens is 290 g/mol. The van der Waals surface area contributed by atoms with Gasteiger partial charge in [0.2, 0.25) is 10.0 Å². The van der Waals surface area contributed by atoms with Crippen molar-refractivity contribution in [3.8, 4) is 0 Å². The van der Waals surface area contributed by atoms with Crippen molar-refractivity contribution in [1.82, 2.24) is 0 Å². The van der Waals surface area contributed by atoms with E-state index in [1.54, 1.807) is 0 Å². The van der Waals surface area contributed by atoms with Crippen LogP contribution in [-0.2, 0) is 19.5 Å². The summed E-state index contributed by atoms with van der Waals surface area (Å²) in [6, 6.07) is 7.42. The summed E-state index contributed by atoms with van der Waals surface area (Å²) in [6.07, 6.45) is 1.32. The van der Waals surface area contributed by atoms with E-state index in [0.29, 0.717) is 31.9 Å². The molecule has 0 saturated heterocycles. The molecule has 5 nitrogen and oxygen atoms in total. The van der Waals surface area contributed by atoms with E-state index < -0.39 is 10.0 Å². The van der Waals surface area contributed by atoms with Gasteiger partial charge < -0.3 is 9.47 Å². The highest BCUT2D eigenvalue weighted by atomic mass is 32.2. The zero-order valence-electron chi connectivity index (χ0n) is 13.2. The van der Waals surface area contributed by atoms with E-state index in [0.717, 1.165) is 5.56 Å². The molecule has 0 fully saturated rings. The van der Waals surface area contributed by atoms with Crippen LogP contribution >= 0.6 is 0 Å². The minimum Gasteiger partial charge on any atom is -0.353 e. The lowest BCUT2D eigenvalue weighted by Crippen LogP contribution is -2.34. The maximum Gasteiger partial charge on any atom is 0.232 e. The van der Waals surface area contributed by atoms with Crippen molar-refractivity contribution in [2.45, 2.75) is 33.5 Å². The van der Waals surface area contributed by atoms with Crippen LogP contribution in [0.1, 0.15) is 25.8 Å². The van der Waals surface area contributed by atoms with Crippen molar-refractivity contribution >= 4 is 15.7 Å². The van der Waals surface area contributed by atoms with Gasteiger partial charge in [0.15, 0.2) is 6.29 Å². The smallest absolute Gasteiger partial charge is 0.232 e. The predicted molar refractivity (Wildman–Crippen MR) is 85.0 cm³/mol. The third-order valence-corrected chi connectivity index (χ3v) is 4.19. The Hall–Kier alpha value is -1.11. The fraction of sp³-hybridized carbons (Fsp3) is 0.600. The average molecular weight is 315 g/mol. The highest BCUT2D eigenvalue weighted by Gasteiger charge is 2.19. The largest absolute Gasteiger partial charge is 0.353 e. The van der Waals surface area contributed by atoms with Crippen molar-refractivity contribution in [1.29, 1.82) is 0 Å². The van der Waals surface area contributed by atoms with Crippen molar-refractivity contribution in [2.75, 3.05) is 30.3 Å². The highest BCUT2D eigenvalue weighted by molar-refractivity contribution is 7.92. The highest BCUT2D eigenvalue weighted by Crippen LogP contribution is 2.19. The molecule has 0 N–H and O–H groups in total. The van der Waals surface area contributed by atoms with Gasteiger partial charge in [0.25, 0.3) is 0 Å². The van der Waals surface area contributed by atoms with Gasteiger partial charge in [0, 0.05) is 26.2 Å². The molecule has 0 aromatic heterocycles. The molecule has 21 heavy (non-hydrogen) atoms. The average Bonchev–Trinajstić information content (AvgIpc) is 2.40. The summed E-state index contributed by atoms with van der Waals surface area (Å²) >= 11 is 0. The van der Waals surface area contributed by atoms with Crippen LogP contribution in [-0.4, -0.2) is 40.7 Å². The normalized spacial score (nSPS) is 11.9. The molecule has 0 spiro atoms. The first-order valence-electron chi connectivity index (χ1n) is 7.16. The Morgan fingerprint density at radius 2 is 1.62 bits per heavy atom. The molecular formula is C15H25NO4S. The first-order chi connectivity index (χ1) is 9.88. The van der Waals surface area contributed by atoms with Crippen molar-refractivity contribution in [3.63, 3.8) is 0 Å². The van der Waals surface area contributed by atoms with Crippen LogP contribution in [0.15, 0.2) is 24.3 Å². The number of anilines is 1. The number of sulfonamides is 1. The van der Waals surface area contributed by atoms with E-state index in [-0.39, 0.29) is 6.29 Å². The number of rotatable bonds is 9. The summed E-state index contributed by atoms with van der Waals surface area (Å²) in [7, 11) is -3.33. The third-order valence-electron chi connectivity index (χ3n) is 3.00. The molecule has 1 aromatic carbocycles. The van der Waals surface area contributed by atoms with Gasteiger partial charge in [0.1, 0.15) is 0 Å². The number of benzene rings is 1. The molecule has 0 saturated carbocycles. The Morgan fingerprint density at radius 3 is 2.05 bits per heavy atom. The number of ether oxygens (including phenoxy) is 2. The van der Waals surface area contributed by atoms with E-state index in [9.17, 15) is 8.42 Å². The first-order valence-corrected chi connectivity index (χ1v) is 9.00. The summed E-state index contributed by atoms with van der Waals surface area (Å²) < 4.78 is 36.3. The fourth-order valence-electron chi connectivity index (χ4n) is 2.01. The van der Waals surface area contributed by atoms with E-state index >= 15 is 0 Å². The van der Waals surface area contributed by atoms with Gasteiger partial charge >= 0.3 is 0 Å². The second-order valence-electron chi connectivity index (χ2n) is 4.80. The van der Waals surface area contributed by atoms with Gasteiger partial charge in [-0.2, -0.15) is 0 Å². The van der Waals surface area contributed by atoms with Crippen LogP contribution in [0.4, 0.5) is 5.69 Å². The number of aryl methyl sites for hydroxylation is 1. The molecule has 0 bridgehead atoms. The Labute approximate surface area is 127 Å². The third kappa shape index (κ3) is 6.03. The van der Waals surface area contributed by atoms with E-state index in [2.05, 4.69) is 0 Å². The maximum atomic E-state index is 12.0. The standard InChI is InChI=1S/C15H25NO4S/c1-5-19-15(20-6-2)11-12-16(21(4,17)18)14-9-7-13(3)8-10-14/h7-10,15H,5-6,11-12H2,1-4H3. The maximum absolute atomic E-state index is 12.0. The zero-order chi connectivity index (χ0) is 15.9. The molecule has 0 aliphatic rings. The molecule has 6 heteroatoms. The monoisotopic (exact) mass is 315 g/mol. The first kappa shape index (κ1) is 17.9. The Kier molecular flexibility index (Phi) is 7.14. The van der Waals surface area contributed by atoms with Crippen LogP contribution in [0.5, 0.6) is 0 Å². The Balaban J connectivity index is 2.82. The number of hydrogen-bond acceptors (Lipinski definition) is 4. The number of hydrogen-bond donors (Lipinski definition) is 0. The van der Waals surface area contributed by atoms with Crippen molar-refractivity contribution in [2.24, 2.45) is 0 Å². The van der Waals surface area contributed by atoms with Crippen LogP contribution < -0.4 is 4.31 Å². The Bertz CT molecular complexity index is 507. The van der Waals surface area contributed by atoms with Crippen LogP contribution in [0.25, 0.3) is 0 Å². The summed E-state index contributed by atoms with van der Waals surface area (Å²) in [5.74, 6) is 0. The summed E-state index contributed by atoms with van der Waals surface area (Å²) in [6.45, 7) is 7.14. The topological polar surface area (TPSA) is 55.8 Å². The summed E-state index contributed by atoms with van der Waals surface area (Å²) in [5, 5.41) is 0. The Morgan fingerprint density at radius 1 is 1.10 bits per heavy atom. The molecule has 1 aromatic rings. The van der Waals surface area contributed by atoms with Gasteiger partial charge in [-0.15, -0.1) is 0 Å². The lowest BCUT2D eigenvalue weighted by atomic mass is 10.2. The van der Waals surface area contributed by atoms with E-state index in [4.69, 9.17) is 9.47 Å². The van der Waals surface area contributed by atoms with Gasteiger partial charge in [-0.1, -0.05) is 17.7 Å². The van der Waals surface area contributed by atoms with Crippen LogP contribution in [0.2, 0.25) is 0 Å². The quantitative estimate of drug-likeness (QED) is 0.657. The van der Waals surface area contributed by atoms with Crippen LogP contribution in [0, 0.1) is 6.92 Å².